The molecule has 0 saturated carbocycles. The fourth-order valence-corrected chi connectivity index (χ4v) is 6.15. The van der Waals surface area contributed by atoms with Crippen LogP contribution in [0.2, 0.25) is 0 Å². The molecule has 2 aliphatic rings. The fraction of sp³-hybridized carbons (Fsp3) is 0.485. The number of aromatic nitrogens is 2. The summed E-state index contributed by atoms with van der Waals surface area (Å²) >= 11 is 0. The van der Waals surface area contributed by atoms with E-state index in [1.54, 1.807) is 25.1 Å². The van der Waals surface area contributed by atoms with E-state index in [1.807, 2.05) is 77.0 Å². The van der Waals surface area contributed by atoms with Gasteiger partial charge in [0.25, 0.3) is 5.91 Å². The third kappa shape index (κ3) is 6.28. The highest BCUT2D eigenvalue weighted by Crippen LogP contribution is 2.41. The van der Waals surface area contributed by atoms with Gasteiger partial charge in [-0.05, 0) is 82.9 Å². The molecule has 0 radical (unpaired) electrons. The number of benzene rings is 2. The van der Waals surface area contributed by atoms with Crippen LogP contribution >= 0.6 is 0 Å². The van der Waals surface area contributed by atoms with Crippen LogP contribution in [0.3, 0.4) is 0 Å². The van der Waals surface area contributed by atoms with Crippen molar-refractivity contribution in [1.82, 2.24) is 20.0 Å². The number of fused-ring (bicyclic) bond motifs is 2. The predicted octanol–water partition coefficient (Wildman–Crippen LogP) is 5.49. The molecule has 2 bridgehead atoms. The first-order chi connectivity index (χ1) is 20.4. The van der Waals surface area contributed by atoms with Crippen LogP contribution in [0.1, 0.15) is 68.1 Å². The molecule has 2 amide bonds. The van der Waals surface area contributed by atoms with E-state index >= 15 is 0 Å². The Labute approximate surface area is 253 Å². The molecular formula is C33H43N5O5. The van der Waals surface area contributed by atoms with Gasteiger partial charge in [-0.15, -0.1) is 0 Å². The second-order valence-electron chi connectivity index (χ2n) is 12.6. The number of anilines is 1. The number of nitrogens with zero attached hydrogens (tertiary/aromatic N) is 4. The molecule has 2 aromatic carbocycles. The number of carbonyl (C=O) groups excluding carboxylic acids is 2. The van der Waals surface area contributed by atoms with Crippen LogP contribution < -0.4 is 19.7 Å². The first-order valence-corrected chi connectivity index (χ1v) is 14.8. The molecule has 5 rings (SSSR count). The van der Waals surface area contributed by atoms with Gasteiger partial charge in [0, 0.05) is 48.7 Å². The highest BCUT2D eigenvalue weighted by Gasteiger charge is 2.44. The Morgan fingerprint density at radius 1 is 1.05 bits per heavy atom. The molecule has 0 unspecified atom stereocenters. The van der Waals surface area contributed by atoms with Crippen LogP contribution in [-0.2, 0) is 11.8 Å². The maximum Gasteiger partial charge on any atom is 0.410 e. The molecule has 10 heteroatoms. The Bertz CT molecular complexity index is 1500. The molecule has 3 heterocycles. The van der Waals surface area contributed by atoms with E-state index in [0.717, 1.165) is 40.8 Å². The summed E-state index contributed by atoms with van der Waals surface area (Å²) in [5, 5.41) is 7.49. The molecular weight excluding hydrogens is 546 g/mol. The van der Waals surface area contributed by atoms with Crippen molar-refractivity contribution in [2.75, 3.05) is 32.2 Å². The third-order valence-electron chi connectivity index (χ3n) is 8.28. The van der Waals surface area contributed by atoms with Gasteiger partial charge in [-0.2, -0.15) is 5.10 Å². The number of hydrogen-bond donors (Lipinski definition) is 1. The van der Waals surface area contributed by atoms with Crippen LogP contribution in [0.4, 0.5) is 10.5 Å². The summed E-state index contributed by atoms with van der Waals surface area (Å²) in [4.78, 5) is 30.8. The van der Waals surface area contributed by atoms with Gasteiger partial charge >= 0.3 is 6.09 Å². The summed E-state index contributed by atoms with van der Waals surface area (Å²) in [5.74, 6) is 1.04. The van der Waals surface area contributed by atoms with Crippen LogP contribution in [-0.4, -0.2) is 71.7 Å². The summed E-state index contributed by atoms with van der Waals surface area (Å²) in [7, 11) is 5.08. The quantitative estimate of drug-likeness (QED) is 0.389. The van der Waals surface area contributed by atoms with E-state index in [2.05, 4.69) is 21.4 Å². The van der Waals surface area contributed by atoms with E-state index in [-0.39, 0.29) is 30.1 Å². The average Bonchev–Trinajstić information content (AvgIpc) is 3.50. The number of rotatable bonds is 7. The normalized spacial score (nSPS) is 18.8. The molecule has 10 nitrogen and oxygen atoms in total. The molecule has 3 aromatic rings. The van der Waals surface area contributed by atoms with Crippen molar-refractivity contribution in [2.24, 2.45) is 7.05 Å². The molecule has 3 atom stereocenters. The van der Waals surface area contributed by atoms with Gasteiger partial charge in [-0.1, -0.05) is 6.07 Å². The minimum absolute atomic E-state index is 0.0891. The smallest absolute Gasteiger partial charge is 0.410 e. The maximum absolute atomic E-state index is 13.7. The van der Waals surface area contributed by atoms with Crippen LogP contribution in [0.5, 0.6) is 11.5 Å². The minimum Gasteiger partial charge on any atom is -0.493 e. The topological polar surface area (TPSA) is 98.2 Å². The highest BCUT2D eigenvalue weighted by atomic mass is 16.6. The standard InChI is InChI=1S/C33H43N5O5/c1-20-9-10-24(37-18-25-11-12-26(19-37)38(25)32(40)43-33(3,4)5)15-27(20)31(39)35-21(2)22-13-28(23-16-34-36(6)17-23)30(42-8)29(14-22)41-7/h9-10,13-17,21,25-26H,11-12,18-19H2,1-8H3,(H,35,39)/t21-,25-,26+/m1/s1. The van der Waals surface area contributed by atoms with Crippen molar-refractivity contribution in [1.29, 1.82) is 0 Å². The number of piperazine rings is 1. The Balaban J connectivity index is 1.34. The fourth-order valence-electron chi connectivity index (χ4n) is 6.15. The Kier molecular flexibility index (Phi) is 8.31. The molecule has 2 saturated heterocycles. The molecule has 0 spiro atoms. The Morgan fingerprint density at radius 3 is 2.33 bits per heavy atom. The third-order valence-corrected chi connectivity index (χ3v) is 8.28. The zero-order valence-corrected chi connectivity index (χ0v) is 26.4. The lowest BCUT2D eigenvalue weighted by Crippen LogP contribution is -2.56. The number of amides is 2. The van der Waals surface area contributed by atoms with Gasteiger partial charge in [0.05, 0.1) is 38.5 Å². The number of aryl methyl sites for hydroxylation is 2. The monoisotopic (exact) mass is 589 g/mol. The largest absolute Gasteiger partial charge is 0.493 e. The van der Waals surface area contributed by atoms with Crippen molar-refractivity contribution in [3.05, 3.63) is 59.4 Å². The van der Waals surface area contributed by atoms with Gasteiger partial charge in [0.1, 0.15) is 5.60 Å². The lowest BCUT2D eigenvalue weighted by Gasteiger charge is -2.42. The Morgan fingerprint density at radius 2 is 1.74 bits per heavy atom. The van der Waals surface area contributed by atoms with Gasteiger partial charge < -0.3 is 24.4 Å². The zero-order valence-electron chi connectivity index (χ0n) is 26.4. The summed E-state index contributed by atoms with van der Waals surface area (Å²) in [5.41, 5.74) is 4.59. The average molecular weight is 590 g/mol. The van der Waals surface area contributed by atoms with E-state index < -0.39 is 5.60 Å². The molecule has 1 N–H and O–H groups in total. The molecule has 43 heavy (non-hydrogen) atoms. The number of hydrogen-bond acceptors (Lipinski definition) is 7. The summed E-state index contributed by atoms with van der Waals surface area (Å²) < 4.78 is 18.8. The van der Waals surface area contributed by atoms with Crippen LogP contribution in [0.15, 0.2) is 42.7 Å². The van der Waals surface area contributed by atoms with Gasteiger partial charge in [-0.3, -0.25) is 14.4 Å². The molecule has 2 aliphatic heterocycles. The van der Waals surface area contributed by atoms with Gasteiger partial charge in [0.2, 0.25) is 0 Å². The number of carbonyl (C=O) groups is 2. The van der Waals surface area contributed by atoms with Crippen molar-refractivity contribution in [3.8, 4) is 22.6 Å². The van der Waals surface area contributed by atoms with Crippen molar-refractivity contribution in [2.45, 2.75) is 71.2 Å². The first-order valence-electron chi connectivity index (χ1n) is 14.8. The SMILES string of the molecule is COc1cc([C@@H](C)NC(=O)c2cc(N3C[C@H]4CC[C@@H](C3)N4C(=O)OC(C)(C)C)ccc2C)cc(-c2cnn(C)c2)c1OC. The first kappa shape index (κ1) is 30.3. The predicted molar refractivity (Wildman–Crippen MR) is 166 cm³/mol. The van der Waals surface area contributed by atoms with Crippen LogP contribution in [0.25, 0.3) is 11.1 Å². The number of ether oxygens (including phenoxy) is 3. The Hall–Kier alpha value is -4.21. The molecule has 230 valence electrons. The van der Waals surface area contributed by atoms with Crippen molar-refractivity contribution in [3.63, 3.8) is 0 Å². The number of nitrogens with one attached hydrogen (secondary N) is 1. The lowest BCUT2D eigenvalue weighted by molar-refractivity contribution is 0.0123. The second kappa shape index (κ2) is 11.8. The van der Waals surface area contributed by atoms with Crippen molar-refractivity contribution < 1.29 is 23.8 Å². The molecule has 1 aromatic heterocycles. The van der Waals surface area contributed by atoms with E-state index in [1.165, 1.54) is 0 Å². The zero-order chi connectivity index (χ0) is 31.1. The second-order valence-corrected chi connectivity index (χ2v) is 12.6. The maximum atomic E-state index is 13.7. The summed E-state index contributed by atoms with van der Waals surface area (Å²) in [6.07, 6.45) is 5.35. The molecule has 0 aliphatic carbocycles. The summed E-state index contributed by atoms with van der Waals surface area (Å²) in [6, 6.07) is 9.80. The van der Waals surface area contributed by atoms with Crippen molar-refractivity contribution >= 4 is 17.7 Å². The highest BCUT2D eigenvalue weighted by molar-refractivity contribution is 5.97. The van der Waals surface area contributed by atoms with E-state index in [9.17, 15) is 9.59 Å². The lowest BCUT2D eigenvalue weighted by atomic mass is 9.99. The summed E-state index contributed by atoms with van der Waals surface area (Å²) in [6.45, 7) is 11.0. The van der Waals surface area contributed by atoms with Gasteiger partial charge in [-0.25, -0.2) is 4.79 Å². The van der Waals surface area contributed by atoms with Crippen LogP contribution in [0, 0.1) is 6.92 Å². The molecule has 2 fully saturated rings. The van der Waals surface area contributed by atoms with E-state index in [4.69, 9.17) is 14.2 Å². The minimum atomic E-state index is -0.527. The number of methoxy groups -OCH3 is 2. The van der Waals surface area contributed by atoms with E-state index in [0.29, 0.717) is 30.2 Å². The van der Waals surface area contributed by atoms with Gasteiger partial charge in [0.15, 0.2) is 11.5 Å².